The summed E-state index contributed by atoms with van der Waals surface area (Å²) in [5.74, 6) is -3.04. The Morgan fingerprint density at radius 2 is 2.09 bits per heavy atom. The molecule has 1 aromatic carbocycles. The second kappa shape index (κ2) is 8.24. The SMILES string of the molecule is N#C/C(=C\c1csc(Br)c1)C(=O)Nc1ccc(SC(F)F)cc1. The molecule has 0 aliphatic carbocycles. The molecule has 3 nitrogen and oxygen atoms in total. The molecule has 0 bridgehead atoms. The van der Waals surface area contributed by atoms with Crippen LogP contribution in [0, 0.1) is 11.3 Å². The van der Waals surface area contributed by atoms with Gasteiger partial charge in [0.2, 0.25) is 0 Å². The summed E-state index contributed by atoms with van der Waals surface area (Å²) in [5, 5.41) is 13.5. The molecule has 0 aliphatic rings. The van der Waals surface area contributed by atoms with Crippen LogP contribution in [0.25, 0.3) is 6.08 Å². The van der Waals surface area contributed by atoms with Crippen molar-refractivity contribution in [2.45, 2.75) is 10.7 Å². The molecule has 0 spiro atoms. The van der Waals surface area contributed by atoms with Gasteiger partial charge in [-0.2, -0.15) is 14.0 Å². The van der Waals surface area contributed by atoms with Gasteiger partial charge in [-0.1, -0.05) is 11.8 Å². The van der Waals surface area contributed by atoms with Gasteiger partial charge >= 0.3 is 0 Å². The number of anilines is 1. The first-order valence-corrected chi connectivity index (χ1v) is 8.75. The minimum Gasteiger partial charge on any atom is -0.321 e. The third-order valence-corrected chi connectivity index (χ3v) is 4.85. The summed E-state index contributed by atoms with van der Waals surface area (Å²) in [6.45, 7) is 0. The molecule has 0 saturated heterocycles. The first-order chi connectivity index (χ1) is 11.0. The van der Waals surface area contributed by atoms with E-state index in [-0.39, 0.29) is 5.57 Å². The van der Waals surface area contributed by atoms with Crippen molar-refractivity contribution in [3.63, 3.8) is 0 Å². The fourth-order valence-electron chi connectivity index (χ4n) is 1.63. The van der Waals surface area contributed by atoms with Crippen molar-refractivity contribution in [2.24, 2.45) is 0 Å². The highest BCUT2D eigenvalue weighted by Crippen LogP contribution is 2.26. The van der Waals surface area contributed by atoms with Crippen LogP contribution >= 0.6 is 39.0 Å². The van der Waals surface area contributed by atoms with Crippen LogP contribution in [-0.2, 0) is 4.79 Å². The molecule has 1 amide bonds. The number of alkyl halides is 2. The van der Waals surface area contributed by atoms with Gasteiger partial charge in [0.1, 0.15) is 11.6 Å². The fourth-order valence-corrected chi connectivity index (χ4v) is 3.27. The lowest BCUT2D eigenvalue weighted by atomic mass is 10.2. The van der Waals surface area contributed by atoms with Gasteiger partial charge in [0.25, 0.3) is 11.7 Å². The number of thioether (sulfide) groups is 1. The number of amides is 1. The lowest BCUT2D eigenvalue weighted by Crippen LogP contribution is -2.13. The lowest BCUT2D eigenvalue weighted by molar-refractivity contribution is -0.112. The maximum atomic E-state index is 12.2. The Morgan fingerprint density at radius 1 is 1.39 bits per heavy atom. The maximum Gasteiger partial charge on any atom is 0.288 e. The molecular weight excluding hydrogens is 406 g/mol. The molecule has 8 heteroatoms. The third-order valence-electron chi connectivity index (χ3n) is 2.60. The zero-order valence-corrected chi connectivity index (χ0v) is 14.6. The van der Waals surface area contributed by atoms with Gasteiger partial charge in [-0.3, -0.25) is 4.79 Å². The fraction of sp³-hybridized carbons (Fsp3) is 0.0667. The standard InChI is InChI=1S/C15H9BrF2N2OS2/c16-13-6-9(8-22-13)5-10(7-19)14(21)20-11-1-3-12(4-2-11)23-15(17)18/h1-6,8,15H,(H,20,21)/b10-5+. The summed E-state index contributed by atoms with van der Waals surface area (Å²) in [4.78, 5) is 12.5. The van der Waals surface area contributed by atoms with Crippen molar-refractivity contribution >= 4 is 56.7 Å². The average Bonchev–Trinajstić information content (AvgIpc) is 2.91. The van der Waals surface area contributed by atoms with Crippen LogP contribution in [0.3, 0.4) is 0 Å². The molecule has 0 aliphatic heterocycles. The minimum atomic E-state index is -2.49. The molecule has 118 valence electrons. The molecule has 2 aromatic rings. The number of rotatable bonds is 5. The van der Waals surface area contributed by atoms with E-state index in [0.717, 1.165) is 9.35 Å². The quantitative estimate of drug-likeness (QED) is 0.406. The van der Waals surface area contributed by atoms with E-state index in [1.54, 1.807) is 6.07 Å². The summed E-state index contributed by atoms with van der Waals surface area (Å²) in [6.07, 6.45) is 1.48. The highest BCUT2D eigenvalue weighted by Gasteiger charge is 2.11. The van der Waals surface area contributed by atoms with Gasteiger partial charge < -0.3 is 5.32 Å². The van der Waals surface area contributed by atoms with Crippen molar-refractivity contribution in [2.75, 3.05) is 5.32 Å². The number of nitrogens with zero attached hydrogens (tertiary/aromatic N) is 1. The third kappa shape index (κ3) is 5.46. The van der Waals surface area contributed by atoms with Gasteiger partial charge in [-0.25, -0.2) is 0 Å². The number of hydrogen-bond donors (Lipinski definition) is 1. The number of hydrogen-bond acceptors (Lipinski definition) is 4. The van der Waals surface area contributed by atoms with Crippen molar-refractivity contribution in [1.82, 2.24) is 0 Å². The maximum absolute atomic E-state index is 12.2. The van der Waals surface area contributed by atoms with Crippen LogP contribution in [0.1, 0.15) is 5.56 Å². The van der Waals surface area contributed by atoms with E-state index in [1.807, 2.05) is 11.4 Å². The second-order valence-corrected chi connectivity index (χ2v) is 7.56. The van der Waals surface area contributed by atoms with Gasteiger partial charge in [0.05, 0.1) is 3.79 Å². The predicted molar refractivity (Wildman–Crippen MR) is 92.5 cm³/mol. The van der Waals surface area contributed by atoms with E-state index in [9.17, 15) is 13.6 Å². The summed E-state index contributed by atoms with van der Waals surface area (Å²) in [6, 6.07) is 9.64. The average molecular weight is 415 g/mol. The van der Waals surface area contributed by atoms with Crippen molar-refractivity contribution in [3.8, 4) is 6.07 Å². The normalized spacial score (nSPS) is 11.3. The molecule has 0 radical (unpaired) electrons. The summed E-state index contributed by atoms with van der Waals surface area (Å²) < 4.78 is 25.4. The number of halogens is 3. The van der Waals surface area contributed by atoms with E-state index in [2.05, 4.69) is 21.2 Å². The van der Waals surface area contributed by atoms with Crippen molar-refractivity contribution < 1.29 is 13.6 Å². The summed E-state index contributed by atoms with van der Waals surface area (Å²) in [5.41, 5.74) is 1.14. The number of carbonyl (C=O) groups is 1. The van der Waals surface area contributed by atoms with Crippen molar-refractivity contribution in [1.29, 1.82) is 5.26 Å². The molecule has 1 heterocycles. The van der Waals surface area contributed by atoms with Crippen LogP contribution in [0.2, 0.25) is 0 Å². The van der Waals surface area contributed by atoms with Gasteiger partial charge in [0, 0.05) is 10.6 Å². The number of thiophene rings is 1. The van der Waals surface area contributed by atoms with Gasteiger partial charge in [0.15, 0.2) is 0 Å². The number of benzene rings is 1. The van der Waals surface area contributed by atoms with E-state index < -0.39 is 11.7 Å². The molecule has 0 atom stereocenters. The van der Waals surface area contributed by atoms with Crippen LogP contribution in [-0.4, -0.2) is 11.7 Å². The van der Waals surface area contributed by atoms with E-state index >= 15 is 0 Å². The number of nitriles is 1. The molecule has 1 N–H and O–H groups in total. The molecule has 0 unspecified atom stereocenters. The summed E-state index contributed by atoms with van der Waals surface area (Å²) >= 11 is 5.18. The molecule has 0 fully saturated rings. The zero-order valence-electron chi connectivity index (χ0n) is 11.4. The minimum absolute atomic E-state index is 0.0404. The smallest absolute Gasteiger partial charge is 0.288 e. The van der Waals surface area contributed by atoms with Crippen molar-refractivity contribution in [3.05, 3.63) is 50.6 Å². The Bertz CT molecular complexity index is 767. The van der Waals surface area contributed by atoms with Crippen LogP contribution < -0.4 is 5.32 Å². The van der Waals surface area contributed by atoms with Crippen LogP contribution in [0.15, 0.2) is 50.0 Å². The largest absolute Gasteiger partial charge is 0.321 e. The predicted octanol–water partition coefficient (Wildman–Crippen LogP) is 5.37. The summed E-state index contributed by atoms with van der Waals surface area (Å²) in [7, 11) is 0. The number of nitrogens with one attached hydrogen (secondary N) is 1. The molecule has 2 rings (SSSR count). The van der Waals surface area contributed by atoms with E-state index in [4.69, 9.17) is 5.26 Å². The molecular formula is C15H9BrF2N2OS2. The monoisotopic (exact) mass is 414 g/mol. The number of carbonyl (C=O) groups excluding carboxylic acids is 1. The van der Waals surface area contributed by atoms with Crippen LogP contribution in [0.5, 0.6) is 0 Å². The van der Waals surface area contributed by atoms with E-state index in [1.165, 1.54) is 41.7 Å². The first kappa shape index (κ1) is 17.7. The molecule has 1 aromatic heterocycles. The Morgan fingerprint density at radius 3 is 2.61 bits per heavy atom. The highest BCUT2D eigenvalue weighted by molar-refractivity contribution is 9.11. The Balaban J connectivity index is 2.08. The van der Waals surface area contributed by atoms with Gasteiger partial charge in [-0.05, 0) is 63.3 Å². The van der Waals surface area contributed by atoms with E-state index in [0.29, 0.717) is 22.3 Å². The second-order valence-electron chi connectivity index (χ2n) is 4.21. The van der Waals surface area contributed by atoms with Gasteiger partial charge in [-0.15, -0.1) is 11.3 Å². The molecule has 23 heavy (non-hydrogen) atoms. The zero-order chi connectivity index (χ0) is 16.8. The highest BCUT2D eigenvalue weighted by atomic mass is 79.9. The van der Waals surface area contributed by atoms with Crippen LogP contribution in [0.4, 0.5) is 14.5 Å². The first-order valence-electron chi connectivity index (χ1n) is 6.20. The lowest BCUT2D eigenvalue weighted by Gasteiger charge is -2.05. The Labute approximate surface area is 148 Å². The Hall–Kier alpha value is -1.69. The topological polar surface area (TPSA) is 52.9 Å². The Kier molecular flexibility index (Phi) is 6.33. The molecule has 0 saturated carbocycles.